The summed E-state index contributed by atoms with van der Waals surface area (Å²) in [6.07, 6.45) is 1.38. The molecule has 0 radical (unpaired) electrons. The number of hydrogen-bond donors (Lipinski definition) is 1. The summed E-state index contributed by atoms with van der Waals surface area (Å²) in [6, 6.07) is 18.5. The number of nitriles is 1. The van der Waals surface area contributed by atoms with Crippen LogP contribution in [0.4, 0.5) is 0 Å². The van der Waals surface area contributed by atoms with Crippen LogP contribution in [0.15, 0.2) is 70.5 Å². The molecule has 7 heteroatoms. The van der Waals surface area contributed by atoms with E-state index in [0.29, 0.717) is 22.5 Å². The first-order valence-corrected chi connectivity index (χ1v) is 11.2. The molecule has 2 N–H and O–H groups in total. The fourth-order valence-electron chi connectivity index (χ4n) is 3.46. The Morgan fingerprint density at radius 3 is 2.29 bits per heavy atom. The van der Waals surface area contributed by atoms with E-state index in [0.717, 1.165) is 5.69 Å². The Morgan fingerprint density at radius 1 is 1.10 bits per heavy atom. The number of primary amides is 1. The number of hydrogen-bond acceptors (Lipinski definition) is 4. The van der Waals surface area contributed by atoms with Gasteiger partial charge in [0, 0.05) is 11.4 Å². The monoisotopic (exact) mass is 433 g/mol. The van der Waals surface area contributed by atoms with Crippen LogP contribution in [-0.2, 0) is 9.84 Å². The van der Waals surface area contributed by atoms with Crippen LogP contribution >= 0.6 is 0 Å². The lowest BCUT2D eigenvalue weighted by Gasteiger charge is -2.16. The molecule has 3 aromatic rings. The van der Waals surface area contributed by atoms with Gasteiger partial charge >= 0.3 is 0 Å². The van der Waals surface area contributed by atoms with E-state index >= 15 is 0 Å². The first kappa shape index (κ1) is 22.1. The lowest BCUT2D eigenvalue weighted by Crippen LogP contribution is -2.16. The van der Waals surface area contributed by atoms with Crippen molar-refractivity contribution in [3.05, 3.63) is 88.1 Å². The molecule has 0 aliphatic heterocycles. The maximum absolute atomic E-state index is 13.0. The average molecular weight is 434 g/mol. The minimum Gasteiger partial charge on any atom is -0.366 e. The molecule has 0 bridgehead atoms. The van der Waals surface area contributed by atoms with Gasteiger partial charge < -0.3 is 10.3 Å². The van der Waals surface area contributed by atoms with Crippen LogP contribution in [0.25, 0.3) is 11.8 Å². The summed E-state index contributed by atoms with van der Waals surface area (Å²) in [5.74, 6) is -0.488. The number of nitrogens with two attached hydrogens (primary N) is 1. The molecule has 0 atom stereocenters. The van der Waals surface area contributed by atoms with Crippen molar-refractivity contribution in [2.24, 2.45) is 5.73 Å². The Labute approximate surface area is 182 Å². The minimum atomic E-state index is -3.96. The van der Waals surface area contributed by atoms with E-state index in [-0.39, 0.29) is 15.7 Å². The fraction of sp³-hybridized carbons (Fsp3) is 0.167. The SMILES string of the molecule is Cc1c(/C=C(\C#N)S(=O)(=O)c2ccccc2)cc(C(C)C)n1-c1ccccc1C(N)=O. The highest BCUT2D eigenvalue weighted by Crippen LogP contribution is 2.31. The third-order valence-electron chi connectivity index (χ3n) is 5.06. The van der Waals surface area contributed by atoms with Gasteiger partial charge in [-0.25, -0.2) is 8.42 Å². The summed E-state index contributed by atoms with van der Waals surface area (Å²) in [7, 11) is -3.96. The van der Waals surface area contributed by atoms with Crippen molar-refractivity contribution in [3.63, 3.8) is 0 Å². The van der Waals surface area contributed by atoms with Crippen molar-refractivity contribution in [3.8, 4) is 11.8 Å². The standard InChI is InChI=1S/C24H23N3O3S/c1-16(2)23-14-18(13-20(15-25)31(29,30)19-9-5-4-6-10-19)17(3)27(23)22-12-8-7-11-21(22)24(26)28/h4-14,16H,1-3H3,(H2,26,28)/b20-13+. The van der Waals surface area contributed by atoms with Crippen molar-refractivity contribution in [2.75, 3.05) is 0 Å². The smallest absolute Gasteiger partial charge is 0.250 e. The van der Waals surface area contributed by atoms with E-state index in [1.54, 1.807) is 42.5 Å². The van der Waals surface area contributed by atoms with Gasteiger partial charge in [-0.15, -0.1) is 0 Å². The molecule has 0 saturated heterocycles. The highest BCUT2D eigenvalue weighted by molar-refractivity contribution is 7.95. The molecular weight excluding hydrogens is 410 g/mol. The van der Waals surface area contributed by atoms with E-state index < -0.39 is 15.7 Å². The molecule has 1 aromatic heterocycles. The Kier molecular flexibility index (Phi) is 6.14. The average Bonchev–Trinajstić information content (AvgIpc) is 3.08. The third kappa shape index (κ3) is 4.16. The predicted octanol–water partition coefficient (Wildman–Crippen LogP) is 4.35. The maximum Gasteiger partial charge on any atom is 0.250 e. The highest BCUT2D eigenvalue weighted by Gasteiger charge is 2.23. The van der Waals surface area contributed by atoms with Gasteiger partial charge in [0.15, 0.2) is 0 Å². The number of nitrogens with zero attached hydrogens (tertiary/aromatic N) is 2. The number of rotatable bonds is 6. The molecule has 0 saturated carbocycles. The second-order valence-electron chi connectivity index (χ2n) is 7.42. The quantitative estimate of drug-likeness (QED) is 0.583. The highest BCUT2D eigenvalue weighted by atomic mass is 32.2. The van der Waals surface area contributed by atoms with Crippen LogP contribution in [0, 0.1) is 18.3 Å². The molecule has 3 rings (SSSR count). The van der Waals surface area contributed by atoms with Gasteiger partial charge in [-0.3, -0.25) is 4.79 Å². The predicted molar refractivity (Wildman–Crippen MR) is 120 cm³/mol. The van der Waals surface area contributed by atoms with E-state index in [9.17, 15) is 18.5 Å². The number of para-hydroxylation sites is 1. The molecule has 0 aliphatic rings. The van der Waals surface area contributed by atoms with Crippen LogP contribution in [0.3, 0.4) is 0 Å². The van der Waals surface area contributed by atoms with E-state index in [1.807, 2.05) is 37.5 Å². The molecule has 31 heavy (non-hydrogen) atoms. The summed E-state index contributed by atoms with van der Waals surface area (Å²) in [5, 5.41) is 9.63. The van der Waals surface area contributed by atoms with Gasteiger partial charge in [0.2, 0.25) is 9.84 Å². The molecule has 0 fully saturated rings. The van der Waals surface area contributed by atoms with Crippen LogP contribution in [0.5, 0.6) is 0 Å². The van der Waals surface area contributed by atoms with Gasteiger partial charge in [-0.2, -0.15) is 5.26 Å². The maximum atomic E-state index is 13.0. The van der Waals surface area contributed by atoms with E-state index in [2.05, 4.69) is 0 Å². The summed E-state index contributed by atoms with van der Waals surface area (Å²) in [4.78, 5) is 11.7. The Bertz CT molecular complexity index is 1310. The number of allylic oxidation sites excluding steroid dienone is 1. The second kappa shape index (κ2) is 8.62. The van der Waals surface area contributed by atoms with Crippen molar-refractivity contribution < 1.29 is 13.2 Å². The zero-order valence-corrected chi connectivity index (χ0v) is 18.3. The molecule has 0 aliphatic carbocycles. The van der Waals surface area contributed by atoms with E-state index in [4.69, 9.17) is 5.73 Å². The summed E-state index contributed by atoms with van der Waals surface area (Å²) in [6.45, 7) is 5.81. The molecule has 0 spiro atoms. The van der Waals surface area contributed by atoms with Crippen molar-refractivity contribution >= 4 is 21.8 Å². The number of sulfone groups is 1. The summed E-state index contributed by atoms with van der Waals surface area (Å²) in [5.41, 5.74) is 8.69. The van der Waals surface area contributed by atoms with Crippen molar-refractivity contribution in [1.29, 1.82) is 5.26 Å². The number of aromatic nitrogens is 1. The van der Waals surface area contributed by atoms with Crippen LogP contribution < -0.4 is 5.73 Å². The summed E-state index contributed by atoms with van der Waals surface area (Å²) < 4.78 is 27.8. The number of amides is 1. The van der Waals surface area contributed by atoms with Crippen molar-refractivity contribution in [2.45, 2.75) is 31.6 Å². The molecule has 0 unspecified atom stereocenters. The number of carbonyl (C=O) groups excluding carboxylic acids is 1. The molecule has 2 aromatic carbocycles. The first-order chi connectivity index (χ1) is 14.7. The first-order valence-electron chi connectivity index (χ1n) is 9.71. The number of carbonyl (C=O) groups is 1. The second-order valence-corrected chi connectivity index (χ2v) is 9.34. The fourth-order valence-corrected chi connectivity index (χ4v) is 4.63. The Hall–Kier alpha value is -3.63. The van der Waals surface area contributed by atoms with E-state index in [1.165, 1.54) is 18.2 Å². The topological polar surface area (TPSA) is 106 Å². The Balaban J connectivity index is 2.24. The minimum absolute atomic E-state index is 0.0584. The lowest BCUT2D eigenvalue weighted by molar-refractivity contribution is 0.1000. The van der Waals surface area contributed by atoms with Gasteiger partial charge in [-0.1, -0.05) is 44.2 Å². The third-order valence-corrected chi connectivity index (χ3v) is 6.74. The molecular formula is C24H23N3O3S. The van der Waals surface area contributed by atoms with Crippen molar-refractivity contribution in [1.82, 2.24) is 4.57 Å². The Morgan fingerprint density at radius 2 is 1.71 bits per heavy atom. The van der Waals surface area contributed by atoms with Gasteiger partial charge in [-0.05, 0) is 54.8 Å². The number of benzene rings is 2. The van der Waals surface area contributed by atoms with Crippen LogP contribution in [0.1, 0.15) is 47.1 Å². The van der Waals surface area contributed by atoms with Crippen LogP contribution in [-0.4, -0.2) is 18.9 Å². The molecule has 1 heterocycles. The van der Waals surface area contributed by atoms with Crippen LogP contribution in [0.2, 0.25) is 0 Å². The molecule has 1 amide bonds. The van der Waals surface area contributed by atoms with Gasteiger partial charge in [0.25, 0.3) is 5.91 Å². The largest absolute Gasteiger partial charge is 0.366 e. The van der Waals surface area contributed by atoms with Gasteiger partial charge in [0.05, 0.1) is 16.1 Å². The normalized spacial score (nSPS) is 12.0. The van der Waals surface area contributed by atoms with Gasteiger partial charge in [0.1, 0.15) is 11.0 Å². The molecule has 158 valence electrons. The molecule has 6 nitrogen and oxygen atoms in total. The lowest BCUT2D eigenvalue weighted by atomic mass is 10.1. The zero-order chi connectivity index (χ0) is 22.8. The zero-order valence-electron chi connectivity index (χ0n) is 17.5. The summed E-state index contributed by atoms with van der Waals surface area (Å²) >= 11 is 0.